The van der Waals surface area contributed by atoms with E-state index >= 15 is 0 Å². The van der Waals surface area contributed by atoms with Crippen molar-refractivity contribution >= 4 is 11.9 Å². The predicted octanol–water partition coefficient (Wildman–Crippen LogP) is -0.158. The number of carbonyl (C=O) groups is 2. The molecule has 0 aromatic heterocycles. The third kappa shape index (κ3) is 4.50. The third-order valence-corrected chi connectivity index (χ3v) is 0.307. The van der Waals surface area contributed by atoms with Gasteiger partial charge >= 0.3 is 11.9 Å². The Morgan fingerprint density at radius 2 is 1.22 bits per heavy atom. The van der Waals surface area contributed by atoms with Crippen LogP contribution in [0.4, 0.5) is 9.05 Å². The molecule has 4 nitrogen and oxygen atoms in total. The average molecular weight is 265 g/mol. The van der Waals surface area contributed by atoms with Gasteiger partial charge in [-0.2, -0.15) is 0 Å². The molecule has 0 aromatic carbocycles. The number of carbonyl (C=O) groups excluding carboxylic acids is 2. The summed E-state index contributed by atoms with van der Waals surface area (Å²) < 4.78 is 21.0. The first kappa shape index (κ1) is 11.8. The van der Waals surface area contributed by atoms with Crippen molar-refractivity contribution in [3.63, 3.8) is 0 Å². The first-order valence-corrected chi connectivity index (χ1v) is 1.38. The summed E-state index contributed by atoms with van der Waals surface area (Å²) >= 11 is 0. The summed E-state index contributed by atoms with van der Waals surface area (Å²) in [6, 6.07) is 0. The van der Waals surface area contributed by atoms with E-state index in [-0.39, 0.29) is 35.6 Å². The minimum absolute atomic E-state index is 0. The van der Waals surface area contributed by atoms with E-state index in [0.717, 1.165) is 0 Å². The smallest absolute Gasteiger partial charge is 0.242 e. The van der Waals surface area contributed by atoms with Crippen LogP contribution in [0.5, 0.6) is 0 Å². The van der Waals surface area contributed by atoms with Crippen LogP contribution in [0.15, 0.2) is 0 Å². The van der Waals surface area contributed by atoms with Gasteiger partial charge in [0.05, 0.1) is 0 Å². The van der Waals surface area contributed by atoms with Crippen molar-refractivity contribution in [2.45, 2.75) is 0 Å². The molecule has 0 amide bonds. The zero-order valence-corrected chi connectivity index (χ0v) is 7.59. The second kappa shape index (κ2) is 6.12. The Hall–Kier alpha value is -0.00519. The topological polar surface area (TPSA) is 52.6 Å². The Bertz CT molecular complexity index is 101. The summed E-state index contributed by atoms with van der Waals surface area (Å²) in [5.74, 6) is -4.04. The van der Waals surface area contributed by atoms with Crippen LogP contribution in [-0.2, 0) is 19.5 Å². The fourth-order valence-corrected chi connectivity index (χ4v) is 0.0630. The van der Waals surface area contributed by atoms with E-state index in [4.69, 9.17) is 0 Å². The fraction of sp³-hybridized carbons (Fsp3) is 0. The predicted molar refractivity (Wildman–Crippen MR) is 14.4 cm³/mol. The SMILES string of the molecule is O=C(OF)C(=O)OF.[La]. The minimum atomic E-state index is -2.02. The van der Waals surface area contributed by atoms with Crippen molar-refractivity contribution in [1.82, 2.24) is 0 Å². The molecule has 0 heterocycles. The van der Waals surface area contributed by atoms with Crippen LogP contribution in [0.2, 0.25) is 0 Å². The van der Waals surface area contributed by atoms with Crippen molar-refractivity contribution in [1.29, 1.82) is 0 Å². The maximum atomic E-state index is 10.5. The molecule has 0 aliphatic heterocycles. The van der Waals surface area contributed by atoms with Crippen molar-refractivity contribution in [3.8, 4) is 0 Å². The Labute approximate surface area is 75.9 Å². The average Bonchev–Trinajstić information content (AvgIpc) is 1.84. The van der Waals surface area contributed by atoms with Gasteiger partial charge in [0.1, 0.15) is 0 Å². The standard InChI is InChI=1S/C2F2O4.La/c3-7-1(5)2(6)8-4;. The number of halogens is 2. The van der Waals surface area contributed by atoms with Crippen LogP contribution >= 0.6 is 0 Å². The van der Waals surface area contributed by atoms with Crippen LogP contribution in [0.3, 0.4) is 0 Å². The Morgan fingerprint density at radius 1 is 1.00 bits per heavy atom. The van der Waals surface area contributed by atoms with Gasteiger partial charge in [-0.25, -0.2) is 19.5 Å². The van der Waals surface area contributed by atoms with E-state index < -0.39 is 11.9 Å². The monoisotopic (exact) mass is 265 g/mol. The second-order valence-corrected chi connectivity index (χ2v) is 0.729. The molecule has 0 atom stereocenters. The molecule has 0 bridgehead atoms. The van der Waals surface area contributed by atoms with Gasteiger partial charge in [-0.3, -0.25) is 0 Å². The molecule has 0 fully saturated rings. The van der Waals surface area contributed by atoms with E-state index in [1.54, 1.807) is 0 Å². The molecular weight excluding hydrogens is 265 g/mol. The Balaban J connectivity index is 0. The Kier molecular flexibility index (Phi) is 7.99. The Morgan fingerprint density at radius 3 is 1.33 bits per heavy atom. The third-order valence-electron chi connectivity index (χ3n) is 0.307. The largest absolute Gasteiger partial charge is 0.459 e. The van der Waals surface area contributed by atoms with Crippen LogP contribution in [0.1, 0.15) is 0 Å². The number of rotatable bonds is 0. The summed E-state index contributed by atoms with van der Waals surface area (Å²) in [6.07, 6.45) is 0. The molecule has 0 aromatic rings. The quantitative estimate of drug-likeness (QED) is 0.571. The van der Waals surface area contributed by atoms with Crippen molar-refractivity contribution in [3.05, 3.63) is 0 Å². The zero-order chi connectivity index (χ0) is 6.57. The minimum Gasteiger partial charge on any atom is -0.242 e. The van der Waals surface area contributed by atoms with E-state index in [1.807, 2.05) is 0 Å². The molecule has 0 spiro atoms. The molecule has 0 aliphatic rings. The molecule has 9 heavy (non-hydrogen) atoms. The van der Waals surface area contributed by atoms with Crippen LogP contribution in [0.25, 0.3) is 0 Å². The molecule has 1 radical (unpaired) electrons. The summed E-state index contributed by atoms with van der Waals surface area (Å²) in [5.41, 5.74) is 0. The van der Waals surface area contributed by atoms with Gasteiger partial charge in [0.2, 0.25) is 0 Å². The molecule has 0 aliphatic carbocycles. The first-order valence-electron chi connectivity index (χ1n) is 1.38. The van der Waals surface area contributed by atoms with Gasteiger partial charge in [0, 0.05) is 44.7 Å². The maximum Gasteiger partial charge on any atom is 0.459 e. The molecule has 49 valence electrons. The summed E-state index contributed by atoms with van der Waals surface area (Å²) in [4.78, 5) is 23.4. The molecule has 0 saturated heterocycles. The summed E-state index contributed by atoms with van der Waals surface area (Å²) in [7, 11) is 0. The van der Waals surface area contributed by atoms with Gasteiger partial charge in [-0.1, -0.05) is 0 Å². The van der Waals surface area contributed by atoms with Crippen molar-refractivity contribution in [2.24, 2.45) is 0 Å². The van der Waals surface area contributed by atoms with Crippen LogP contribution < -0.4 is 0 Å². The van der Waals surface area contributed by atoms with Crippen LogP contribution in [-0.4, -0.2) is 11.9 Å². The first-order chi connectivity index (χ1) is 3.72. The van der Waals surface area contributed by atoms with Crippen LogP contribution in [0, 0.1) is 35.6 Å². The molecular formula is C2F2LaO4. The summed E-state index contributed by atoms with van der Waals surface area (Å²) in [5, 5.41) is 0. The van der Waals surface area contributed by atoms with E-state index in [9.17, 15) is 18.6 Å². The van der Waals surface area contributed by atoms with Crippen molar-refractivity contribution < 1.29 is 64.1 Å². The van der Waals surface area contributed by atoms with Gasteiger partial charge < -0.3 is 0 Å². The van der Waals surface area contributed by atoms with Gasteiger partial charge in [0.15, 0.2) is 0 Å². The van der Waals surface area contributed by atoms with Gasteiger partial charge in [0.25, 0.3) is 0 Å². The van der Waals surface area contributed by atoms with Crippen molar-refractivity contribution in [2.75, 3.05) is 0 Å². The maximum absolute atomic E-state index is 10.5. The molecule has 0 N–H and O–H groups in total. The second-order valence-electron chi connectivity index (χ2n) is 0.729. The number of hydrogen-bond donors (Lipinski definition) is 0. The van der Waals surface area contributed by atoms with Gasteiger partial charge in [-0.15, -0.1) is 0 Å². The molecule has 0 rings (SSSR count). The number of hydrogen-bond acceptors (Lipinski definition) is 4. The fourth-order valence-electron chi connectivity index (χ4n) is 0.0630. The van der Waals surface area contributed by atoms with E-state index in [1.165, 1.54) is 0 Å². The molecule has 0 saturated carbocycles. The van der Waals surface area contributed by atoms with E-state index in [2.05, 4.69) is 9.88 Å². The van der Waals surface area contributed by atoms with Gasteiger partial charge in [-0.05, 0) is 0 Å². The zero-order valence-electron chi connectivity index (χ0n) is 3.97. The molecule has 7 heteroatoms. The van der Waals surface area contributed by atoms with E-state index in [0.29, 0.717) is 0 Å². The normalized spacial score (nSPS) is 6.89. The molecule has 0 unspecified atom stereocenters. The summed E-state index contributed by atoms with van der Waals surface area (Å²) in [6.45, 7) is 0.